The lowest BCUT2D eigenvalue weighted by Gasteiger charge is -2.25. The van der Waals surface area contributed by atoms with Crippen molar-refractivity contribution in [2.75, 3.05) is 19.7 Å². The van der Waals surface area contributed by atoms with Crippen LogP contribution in [0.25, 0.3) is 0 Å². The van der Waals surface area contributed by atoms with Gasteiger partial charge in [0.05, 0.1) is 12.6 Å². The van der Waals surface area contributed by atoms with Crippen molar-refractivity contribution in [1.82, 2.24) is 10.2 Å². The first-order valence-corrected chi connectivity index (χ1v) is 8.86. The first kappa shape index (κ1) is 19.6. The molecule has 1 fully saturated rings. The van der Waals surface area contributed by atoms with Gasteiger partial charge >= 0.3 is 6.09 Å². The Bertz CT molecular complexity index is 625. The van der Waals surface area contributed by atoms with E-state index in [1.807, 2.05) is 12.1 Å². The van der Waals surface area contributed by atoms with Gasteiger partial charge < -0.3 is 30.6 Å². The van der Waals surface area contributed by atoms with E-state index in [2.05, 4.69) is 27.9 Å². The topological polar surface area (TPSA) is 122 Å². The van der Waals surface area contributed by atoms with Crippen LogP contribution < -0.4 is 11.1 Å². The van der Waals surface area contributed by atoms with Gasteiger partial charge in [0.25, 0.3) is 5.91 Å². The predicted molar refractivity (Wildman–Crippen MR) is 98.0 cm³/mol. The molecule has 8 nitrogen and oxygen atoms in total. The molecule has 1 aromatic rings. The lowest BCUT2D eigenvalue weighted by molar-refractivity contribution is -0.134. The summed E-state index contributed by atoms with van der Waals surface area (Å²) in [5.74, 6) is -0.550. The second kappa shape index (κ2) is 9.11. The van der Waals surface area contributed by atoms with Crippen LogP contribution in [0, 0.1) is 3.57 Å². The molecule has 1 saturated heterocycles. The molecule has 136 valence electrons. The minimum absolute atomic E-state index is 0.0779. The molecule has 0 aliphatic carbocycles. The molecule has 0 saturated carbocycles. The molecule has 3 atom stereocenters. The largest absolute Gasteiger partial charge is 0.465 e. The molecule has 2 amide bonds. The fraction of sp³-hybridized carbons (Fsp3) is 0.438. The zero-order valence-corrected chi connectivity index (χ0v) is 15.6. The number of hydrogen-bond acceptors (Lipinski definition) is 5. The lowest BCUT2D eigenvalue weighted by Crippen LogP contribution is -2.50. The Balaban J connectivity index is 2.04. The van der Waals surface area contributed by atoms with Crippen molar-refractivity contribution in [2.45, 2.75) is 24.6 Å². The van der Waals surface area contributed by atoms with Crippen LogP contribution in [-0.4, -0.2) is 60.1 Å². The number of hydrogen-bond donors (Lipinski definition) is 3. The normalized spacial score (nSPS) is 20.2. The van der Waals surface area contributed by atoms with Crippen molar-refractivity contribution in [2.24, 2.45) is 5.73 Å². The molecule has 4 N–H and O–H groups in total. The number of rotatable bonds is 5. The van der Waals surface area contributed by atoms with E-state index < -0.39 is 30.2 Å². The van der Waals surface area contributed by atoms with Gasteiger partial charge in [-0.25, -0.2) is 4.79 Å². The van der Waals surface area contributed by atoms with Crippen LogP contribution in [0.15, 0.2) is 24.3 Å². The fourth-order valence-electron chi connectivity index (χ4n) is 2.52. The van der Waals surface area contributed by atoms with Crippen molar-refractivity contribution in [3.8, 4) is 0 Å². The Morgan fingerprint density at radius 1 is 1.40 bits per heavy atom. The molecule has 0 aromatic heterocycles. The summed E-state index contributed by atoms with van der Waals surface area (Å²) in [6.07, 6.45) is -0.988. The van der Waals surface area contributed by atoms with Crippen LogP contribution in [0.3, 0.4) is 0 Å². The fourth-order valence-corrected chi connectivity index (χ4v) is 2.88. The Morgan fingerprint density at radius 2 is 2.08 bits per heavy atom. The maximum Gasteiger partial charge on any atom is 0.407 e. The van der Waals surface area contributed by atoms with E-state index in [1.54, 1.807) is 12.1 Å². The van der Waals surface area contributed by atoms with Crippen molar-refractivity contribution in [1.29, 1.82) is 0 Å². The average molecular weight is 461 g/mol. The van der Waals surface area contributed by atoms with Gasteiger partial charge in [-0.05, 0) is 46.7 Å². The number of nitrogens with zero attached hydrogens (tertiary/aromatic N) is 1. The highest BCUT2D eigenvalue weighted by atomic mass is 127. The molecule has 1 unspecified atom stereocenters. The summed E-state index contributed by atoms with van der Waals surface area (Å²) in [4.78, 5) is 36.1. The standard InChI is InChI=1S/C16H20IN3O5/c17-11-4-2-10(3-5-11)14(18)12(9-21)19-15(22)13-8-20(16(23)24)6-1-7-25-13/h2-5,9,12-14H,1,6-8,18H2,(H,19,22)(H,23,24)/t12-,13+,14?/m1/s1. The SMILES string of the molecule is NC(c1ccc(I)cc1)[C@@H](C=O)NC(=O)[C@@H]1CN(C(=O)O)CCCO1. The average Bonchev–Trinajstić information content (AvgIpc) is 2.86. The number of nitrogens with two attached hydrogens (primary N) is 1. The van der Waals surface area contributed by atoms with Crippen LogP contribution in [0.4, 0.5) is 4.79 Å². The number of benzene rings is 1. The summed E-state index contributed by atoms with van der Waals surface area (Å²) in [5, 5.41) is 11.7. The van der Waals surface area contributed by atoms with Gasteiger partial charge in [-0.15, -0.1) is 0 Å². The van der Waals surface area contributed by atoms with Crippen molar-refractivity contribution in [3.63, 3.8) is 0 Å². The minimum atomic E-state index is -1.11. The van der Waals surface area contributed by atoms with E-state index in [-0.39, 0.29) is 13.2 Å². The number of nitrogens with one attached hydrogen (secondary N) is 1. The van der Waals surface area contributed by atoms with Crippen molar-refractivity contribution >= 4 is 40.9 Å². The second-order valence-corrected chi connectivity index (χ2v) is 6.93. The third-order valence-electron chi connectivity index (χ3n) is 3.94. The molecule has 1 aliphatic heterocycles. The van der Waals surface area contributed by atoms with Crippen LogP contribution >= 0.6 is 22.6 Å². The number of amides is 2. The van der Waals surface area contributed by atoms with Crippen LogP contribution in [0.5, 0.6) is 0 Å². The third-order valence-corrected chi connectivity index (χ3v) is 4.66. The zero-order chi connectivity index (χ0) is 18.4. The number of halogens is 1. The Hall–Kier alpha value is -1.72. The summed E-state index contributed by atoms with van der Waals surface area (Å²) in [6.45, 7) is 0.501. The Labute approximate surface area is 158 Å². The van der Waals surface area contributed by atoms with Gasteiger partial charge in [-0.3, -0.25) is 4.79 Å². The first-order valence-electron chi connectivity index (χ1n) is 7.78. The first-order chi connectivity index (χ1) is 11.9. The number of ether oxygens (including phenoxy) is 1. The number of carbonyl (C=O) groups excluding carboxylic acids is 2. The smallest absolute Gasteiger partial charge is 0.407 e. The third kappa shape index (κ3) is 5.38. The van der Waals surface area contributed by atoms with Crippen LogP contribution in [0.2, 0.25) is 0 Å². The Morgan fingerprint density at radius 3 is 2.68 bits per heavy atom. The van der Waals surface area contributed by atoms with E-state index in [4.69, 9.17) is 15.6 Å². The Kier molecular flexibility index (Phi) is 7.14. The van der Waals surface area contributed by atoms with Gasteiger partial charge in [0.2, 0.25) is 0 Å². The van der Waals surface area contributed by atoms with E-state index in [0.29, 0.717) is 24.8 Å². The van der Waals surface area contributed by atoms with Crippen molar-refractivity contribution in [3.05, 3.63) is 33.4 Å². The molecule has 25 heavy (non-hydrogen) atoms. The van der Waals surface area contributed by atoms with E-state index in [9.17, 15) is 14.4 Å². The van der Waals surface area contributed by atoms with E-state index in [1.165, 1.54) is 0 Å². The van der Waals surface area contributed by atoms with Crippen LogP contribution in [0.1, 0.15) is 18.0 Å². The molecule has 0 spiro atoms. The molecular formula is C16H20IN3O5. The van der Waals surface area contributed by atoms with Gasteiger partial charge in [0, 0.05) is 16.7 Å². The summed E-state index contributed by atoms with van der Waals surface area (Å²) in [7, 11) is 0. The lowest BCUT2D eigenvalue weighted by atomic mass is 10.0. The summed E-state index contributed by atoms with van der Waals surface area (Å²) in [5.41, 5.74) is 6.80. The number of aldehydes is 1. The molecule has 1 aromatic carbocycles. The molecule has 2 rings (SSSR count). The molecular weight excluding hydrogens is 441 g/mol. The monoisotopic (exact) mass is 461 g/mol. The molecule has 0 radical (unpaired) electrons. The minimum Gasteiger partial charge on any atom is -0.465 e. The number of carbonyl (C=O) groups is 3. The predicted octanol–water partition coefficient (Wildman–Crippen LogP) is 0.744. The highest BCUT2D eigenvalue weighted by molar-refractivity contribution is 14.1. The molecule has 0 bridgehead atoms. The molecule has 9 heteroatoms. The van der Waals surface area contributed by atoms with Gasteiger partial charge in [0.1, 0.15) is 12.3 Å². The van der Waals surface area contributed by atoms with Gasteiger partial charge in [0.15, 0.2) is 6.10 Å². The highest BCUT2D eigenvalue weighted by Crippen LogP contribution is 2.16. The summed E-state index contributed by atoms with van der Waals surface area (Å²) >= 11 is 2.16. The summed E-state index contributed by atoms with van der Waals surface area (Å²) < 4.78 is 6.45. The molecule has 1 heterocycles. The second-order valence-electron chi connectivity index (χ2n) is 5.69. The summed E-state index contributed by atoms with van der Waals surface area (Å²) in [6, 6.07) is 5.67. The van der Waals surface area contributed by atoms with Gasteiger partial charge in [-0.1, -0.05) is 12.1 Å². The van der Waals surface area contributed by atoms with Crippen LogP contribution in [-0.2, 0) is 14.3 Å². The van der Waals surface area contributed by atoms with Gasteiger partial charge in [-0.2, -0.15) is 0 Å². The maximum absolute atomic E-state index is 12.4. The highest BCUT2D eigenvalue weighted by Gasteiger charge is 2.30. The zero-order valence-electron chi connectivity index (χ0n) is 13.4. The van der Waals surface area contributed by atoms with Crippen molar-refractivity contribution < 1.29 is 24.2 Å². The number of carboxylic acid groups (broad SMARTS) is 1. The maximum atomic E-state index is 12.4. The quantitative estimate of drug-likeness (QED) is 0.440. The van der Waals surface area contributed by atoms with E-state index in [0.717, 1.165) is 8.47 Å². The van der Waals surface area contributed by atoms with E-state index >= 15 is 0 Å². The molecule has 1 aliphatic rings.